The van der Waals surface area contributed by atoms with E-state index in [1.807, 2.05) is 0 Å². The van der Waals surface area contributed by atoms with Crippen LogP contribution in [0, 0.1) is 5.92 Å². The Morgan fingerprint density at radius 3 is 2.33 bits per heavy atom. The minimum absolute atomic E-state index is 0.565. The van der Waals surface area contributed by atoms with Crippen molar-refractivity contribution < 1.29 is 4.74 Å². The molecule has 0 fully saturated rings. The first-order valence-corrected chi connectivity index (χ1v) is 7.00. The van der Waals surface area contributed by atoms with Crippen molar-refractivity contribution in [2.45, 2.75) is 40.2 Å². The topological polar surface area (TPSA) is 21.3 Å². The predicted octanol–water partition coefficient (Wildman–Crippen LogP) is 3.57. The molecule has 1 N–H and O–H groups in total. The Morgan fingerprint density at radius 1 is 1.11 bits per heavy atom. The second kappa shape index (κ2) is 8.28. The average Bonchev–Trinajstić information content (AvgIpc) is 2.36. The van der Waals surface area contributed by atoms with Crippen LogP contribution in [0.4, 0.5) is 0 Å². The summed E-state index contributed by atoms with van der Waals surface area (Å²) in [5.41, 5.74) is 2.65. The van der Waals surface area contributed by atoms with E-state index < -0.39 is 0 Å². The van der Waals surface area contributed by atoms with Gasteiger partial charge in [-0.1, -0.05) is 52.0 Å². The Labute approximate surface area is 112 Å². The van der Waals surface area contributed by atoms with Gasteiger partial charge in [0.1, 0.15) is 0 Å². The molecule has 0 radical (unpaired) electrons. The SMILES string of the molecule is CCNCC(C)c1ccc(COCC(C)C)cc1. The lowest BCUT2D eigenvalue weighted by molar-refractivity contribution is 0.0971. The standard InChI is InChI=1S/C16H27NO/c1-5-17-10-14(4)16-8-6-15(7-9-16)12-18-11-13(2)3/h6-9,13-14,17H,5,10-12H2,1-4H3. The van der Waals surface area contributed by atoms with Gasteiger partial charge in [0.2, 0.25) is 0 Å². The summed E-state index contributed by atoms with van der Waals surface area (Å²) in [7, 11) is 0. The molecule has 0 saturated heterocycles. The molecule has 0 aliphatic rings. The van der Waals surface area contributed by atoms with E-state index in [4.69, 9.17) is 4.74 Å². The molecule has 0 bridgehead atoms. The number of hydrogen-bond acceptors (Lipinski definition) is 2. The summed E-state index contributed by atoms with van der Waals surface area (Å²) in [5, 5.41) is 3.38. The summed E-state index contributed by atoms with van der Waals surface area (Å²) in [6.45, 7) is 12.4. The van der Waals surface area contributed by atoms with Gasteiger partial charge in [0.05, 0.1) is 6.61 Å². The number of nitrogens with one attached hydrogen (secondary N) is 1. The third-order valence-electron chi connectivity index (χ3n) is 2.97. The van der Waals surface area contributed by atoms with Crippen molar-refractivity contribution in [3.8, 4) is 0 Å². The summed E-state index contributed by atoms with van der Waals surface area (Å²) in [6.07, 6.45) is 0. The summed E-state index contributed by atoms with van der Waals surface area (Å²) in [5.74, 6) is 1.17. The van der Waals surface area contributed by atoms with Crippen LogP contribution < -0.4 is 5.32 Å². The zero-order chi connectivity index (χ0) is 13.4. The van der Waals surface area contributed by atoms with Crippen LogP contribution in [0.1, 0.15) is 44.7 Å². The molecule has 0 spiro atoms. The average molecular weight is 249 g/mol. The molecule has 18 heavy (non-hydrogen) atoms. The second-order valence-electron chi connectivity index (χ2n) is 5.36. The van der Waals surface area contributed by atoms with E-state index in [-0.39, 0.29) is 0 Å². The summed E-state index contributed by atoms with van der Waals surface area (Å²) in [4.78, 5) is 0. The van der Waals surface area contributed by atoms with Crippen LogP contribution in [0.3, 0.4) is 0 Å². The molecule has 2 heteroatoms. The minimum atomic E-state index is 0.565. The monoisotopic (exact) mass is 249 g/mol. The van der Waals surface area contributed by atoms with Gasteiger partial charge in [-0.25, -0.2) is 0 Å². The zero-order valence-corrected chi connectivity index (χ0v) is 12.2. The molecule has 1 unspecified atom stereocenters. The molecule has 1 aromatic carbocycles. The Bertz CT molecular complexity index is 318. The van der Waals surface area contributed by atoms with E-state index in [9.17, 15) is 0 Å². The summed E-state index contributed by atoms with van der Waals surface area (Å²) in [6, 6.07) is 8.79. The highest BCUT2D eigenvalue weighted by molar-refractivity contribution is 5.24. The maximum Gasteiger partial charge on any atom is 0.0717 e. The lowest BCUT2D eigenvalue weighted by Crippen LogP contribution is -2.19. The molecule has 1 atom stereocenters. The van der Waals surface area contributed by atoms with Crippen molar-refractivity contribution in [1.82, 2.24) is 5.32 Å². The van der Waals surface area contributed by atoms with E-state index >= 15 is 0 Å². The first-order chi connectivity index (χ1) is 8.63. The number of ether oxygens (including phenoxy) is 1. The van der Waals surface area contributed by atoms with Gasteiger partial charge in [-0.15, -0.1) is 0 Å². The fourth-order valence-electron chi connectivity index (χ4n) is 1.83. The molecule has 0 amide bonds. The fraction of sp³-hybridized carbons (Fsp3) is 0.625. The quantitative estimate of drug-likeness (QED) is 0.760. The molecule has 102 valence electrons. The van der Waals surface area contributed by atoms with Crippen LogP contribution >= 0.6 is 0 Å². The maximum atomic E-state index is 5.63. The maximum absolute atomic E-state index is 5.63. The number of benzene rings is 1. The Balaban J connectivity index is 2.41. The Kier molecular flexibility index (Phi) is 6.99. The van der Waals surface area contributed by atoms with Crippen LogP contribution in [0.5, 0.6) is 0 Å². The molecule has 0 aliphatic carbocycles. The van der Waals surface area contributed by atoms with E-state index in [0.29, 0.717) is 11.8 Å². The van der Waals surface area contributed by atoms with Crippen LogP contribution in [-0.2, 0) is 11.3 Å². The molecule has 0 heterocycles. The Hall–Kier alpha value is -0.860. The van der Waals surface area contributed by atoms with Crippen molar-refractivity contribution in [3.05, 3.63) is 35.4 Å². The highest BCUT2D eigenvalue weighted by Gasteiger charge is 2.04. The first-order valence-electron chi connectivity index (χ1n) is 7.00. The van der Waals surface area contributed by atoms with Crippen molar-refractivity contribution in [1.29, 1.82) is 0 Å². The van der Waals surface area contributed by atoms with Gasteiger partial charge >= 0.3 is 0 Å². The Morgan fingerprint density at radius 2 is 1.78 bits per heavy atom. The number of likely N-dealkylation sites (N-methyl/N-ethyl adjacent to an activating group) is 1. The largest absolute Gasteiger partial charge is 0.377 e. The van der Waals surface area contributed by atoms with Gasteiger partial charge in [-0.2, -0.15) is 0 Å². The highest BCUT2D eigenvalue weighted by Crippen LogP contribution is 2.15. The third-order valence-corrected chi connectivity index (χ3v) is 2.97. The smallest absolute Gasteiger partial charge is 0.0717 e. The van der Waals surface area contributed by atoms with Crippen LogP contribution in [0.25, 0.3) is 0 Å². The fourth-order valence-corrected chi connectivity index (χ4v) is 1.83. The van der Waals surface area contributed by atoms with Gasteiger partial charge in [0.25, 0.3) is 0 Å². The van der Waals surface area contributed by atoms with Crippen molar-refractivity contribution >= 4 is 0 Å². The lowest BCUT2D eigenvalue weighted by atomic mass is 10.00. The highest BCUT2D eigenvalue weighted by atomic mass is 16.5. The van der Waals surface area contributed by atoms with Gasteiger partial charge in [-0.3, -0.25) is 0 Å². The molecule has 0 aliphatic heterocycles. The number of hydrogen-bond donors (Lipinski definition) is 1. The molecule has 2 nitrogen and oxygen atoms in total. The van der Waals surface area contributed by atoms with Gasteiger partial charge < -0.3 is 10.1 Å². The lowest BCUT2D eigenvalue weighted by Gasteiger charge is -2.13. The second-order valence-corrected chi connectivity index (χ2v) is 5.36. The summed E-state index contributed by atoms with van der Waals surface area (Å²) < 4.78 is 5.63. The summed E-state index contributed by atoms with van der Waals surface area (Å²) >= 11 is 0. The van der Waals surface area contributed by atoms with Crippen LogP contribution in [0.2, 0.25) is 0 Å². The van der Waals surface area contributed by atoms with Crippen molar-refractivity contribution in [2.75, 3.05) is 19.7 Å². The van der Waals surface area contributed by atoms with Gasteiger partial charge in [0, 0.05) is 13.2 Å². The van der Waals surface area contributed by atoms with Crippen molar-refractivity contribution in [2.24, 2.45) is 5.92 Å². The molecule has 0 saturated carbocycles. The zero-order valence-electron chi connectivity index (χ0n) is 12.2. The number of rotatable bonds is 8. The predicted molar refractivity (Wildman–Crippen MR) is 77.9 cm³/mol. The van der Waals surface area contributed by atoms with Crippen molar-refractivity contribution in [3.63, 3.8) is 0 Å². The normalized spacial score (nSPS) is 12.9. The van der Waals surface area contributed by atoms with Gasteiger partial charge in [-0.05, 0) is 29.5 Å². The first kappa shape index (κ1) is 15.2. The third kappa shape index (κ3) is 5.65. The molecular weight excluding hydrogens is 222 g/mol. The van der Waals surface area contributed by atoms with E-state index in [2.05, 4.69) is 57.3 Å². The van der Waals surface area contributed by atoms with Gasteiger partial charge in [0.15, 0.2) is 0 Å². The van der Waals surface area contributed by atoms with E-state index in [1.54, 1.807) is 0 Å². The molecule has 0 aromatic heterocycles. The molecule has 1 aromatic rings. The van der Waals surface area contributed by atoms with Crippen LogP contribution in [-0.4, -0.2) is 19.7 Å². The molecule has 1 rings (SSSR count). The molecular formula is C16H27NO. The van der Waals surface area contributed by atoms with E-state index in [1.165, 1.54) is 11.1 Å². The van der Waals surface area contributed by atoms with Crippen LogP contribution in [0.15, 0.2) is 24.3 Å². The minimum Gasteiger partial charge on any atom is -0.377 e. The van der Waals surface area contributed by atoms with E-state index in [0.717, 1.165) is 26.3 Å².